The van der Waals surface area contributed by atoms with Crippen molar-refractivity contribution in [1.82, 2.24) is 0 Å². The van der Waals surface area contributed by atoms with Gasteiger partial charge in [-0.2, -0.15) is 0 Å². The van der Waals surface area contributed by atoms with Crippen LogP contribution in [0.1, 0.15) is 0 Å². The van der Waals surface area contributed by atoms with Crippen LogP contribution in [0.3, 0.4) is 0 Å². The first-order valence-electron chi connectivity index (χ1n) is 3.65. The SMILES string of the molecule is NCCOCCOCC(N)(O)O. The molecular weight excluding hydrogens is 164 g/mol. The molecule has 0 atom stereocenters. The molecule has 0 radical (unpaired) electrons. The minimum atomic E-state index is -2.26. The van der Waals surface area contributed by atoms with E-state index in [0.717, 1.165) is 0 Å². The molecule has 6 heteroatoms. The van der Waals surface area contributed by atoms with Crippen molar-refractivity contribution in [1.29, 1.82) is 0 Å². The Morgan fingerprint density at radius 1 is 1.08 bits per heavy atom. The summed E-state index contributed by atoms with van der Waals surface area (Å²) in [4.78, 5) is 0. The Labute approximate surface area is 71.1 Å². The predicted molar refractivity (Wildman–Crippen MR) is 42.0 cm³/mol. The first-order chi connectivity index (χ1) is 5.56. The summed E-state index contributed by atoms with van der Waals surface area (Å²) >= 11 is 0. The molecule has 0 aromatic carbocycles. The van der Waals surface area contributed by atoms with E-state index >= 15 is 0 Å². The molecule has 6 nitrogen and oxygen atoms in total. The summed E-state index contributed by atoms with van der Waals surface area (Å²) in [5.41, 5.74) is 9.95. The van der Waals surface area contributed by atoms with Crippen molar-refractivity contribution in [2.45, 2.75) is 5.91 Å². The Morgan fingerprint density at radius 2 is 1.67 bits per heavy atom. The van der Waals surface area contributed by atoms with E-state index < -0.39 is 5.91 Å². The Bertz CT molecular complexity index is 104. The smallest absolute Gasteiger partial charge is 0.244 e. The van der Waals surface area contributed by atoms with Gasteiger partial charge in [0.25, 0.3) is 0 Å². The third-order valence-electron chi connectivity index (χ3n) is 0.949. The van der Waals surface area contributed by atoms with Gasteiger partial charge in [0.05, 0.1) is 19.8 Å². The number of hydrogen-bond donors (Lipinski definition) is 4. The van der Waals surface area contributed by atoms with Crippen LogP contribution in [0.25, 0.3) is 0 Å². The van der Waals surface area contributed by atoms with Gasteiger partial charge in [0.15, 0.2) is 0 Å². The van der Waals surface area contributed by atoms with Gasteiger partial charge in [-0.25, -0.2) is 0 Å². The number of ether oxygens (including phenoxy) is 2. The van der Waals surface area contributed by atoms with E-state index in [1.165, 1.54) is 0 Å². The Balaban J connectivity index is 3.01. The second-order valence-electron chi connectivity index (χ2n) is 2.33. The minimum absolute atomic E-state index is 0.264. The largest absolute Gasteiger partial charge is 0.378 e. The van der Waals surface area contributed by atoms with Crippen molar-refractivity contribution in [3.05, 3.63) is 0 Å². The lowest BCUT2D eigenvalue weighted by Gasteiger charge is -2.15. The Hall–Kier alpha value is -0.240. The number of aliphatic hydroxyl groups is 2. The summed E-state index contributed by atoms with van der Waals surface area (Å²) in [6.07, 6.45) is 0. The summed E-state index contributed by atoms with van der Waals surface area (Å²) in [7, 11) is 0. The van der Waals surface area contributed by atoms with Crippen LogP contribution in [0.15, 0.2) is 0 Å². The average molecular weight is 180 g/mol. The maximum atomic E-state index is 8.57. The molecule has 0 rings (SSSR count). The fourth-order valence-electron chi connectivity index (χ4n) is 0.526. The van der Waals surface area contributed by atoms with Gasteiger partial charge in [-0.1, -0.05) is 0 Å². The standard InChI is InChI=1S/C6H16N2O4/c7-1-2-11-3-4-12-5-6(8,9)10/h9-10H,1-5,7-8H2. The summed E-state index contributed by atoms with van der Waals surface area (Å²) in [6, 6.07) is 0. The molecule has 12 heavy (non-hydrogen) atoms. The average Bonchev–Trinajstić information content (AvgIpc) is 1.94. The van der Waals surface area contributed by atoms with E-state index in [0.29, 0.717) is 19.8 Å². The first kappa shape index (κ1) is 11.8. The zero-order valence-corrected chi connectivity index (χ0v) is 6.90. The third kappa shape index (κ3) is 9.76. The van der Waals surface area contributed by atoms with Crippen molar-refractivity contribution >= 4 is 0 Å². The normalized spacial score (nSPS) is 12.0. The highest BCUT2D eigenvalue weighted by Gasteiger charge is 2.14. The molecule has 0 aliphatic heterocycles. The lowest BCUT2D eigenvalue weighted by molar-refractivity contribution is -0.194. The predicted octanol–water partition coefficient (Wildman–Crippen LogP) is -2.42. The molecular formula is C6H16N2O4. The van der Waals surface area contributed by atoms with E-state index in [1.54, 1.807) is 0 Å². The number of hydrogen-bond acceptors (Lipinski definition) is 6. The minimum Gasteiger partial charge on any atom is -0.378 e. The summed E-state index contributed by atoms with van der Waals surface area (Å²) in [5, 5.41) is 17.1. The van der Waals surface area contributed by atoms with Crippen LogP contribution in [-0.4, -0.2) is 49.1 Å². The topological polar surface area (TPSA) is 111 Å². The van der Waals surface area contributed by atoms with Gasteiger partial charge in [-0.15, -0.1) is 0 Å². The summed E-state index contributed by atoms with van der Waals surface area (Å²) in [5.74, 6) is -2.26. The molecule has 0 fully saturated rings. The summed E-state index contributed by atoms with van der Waals surface area (Å²) in [6.45, 7) is 1.22. The van der Waals surface area contributed by atoms with Gasteiger partial charge in [-0.3, -0.25) is 5.73 Å². The van der Waals surface area contributed by atoms with Crippen molar-refractivity contribution in [2.75, 3.05) is 33.0 Å². The van der Waals surface area contributed by atoms with Gasteiger partial charge >= 0.3 is 0 Å². The van der Waals surface area contributed by atoms with Gasteiger partial charge < -0.3 is 25.4 Å². The Morgan fingerprint density at radius 3 is 2.17 bits per heavy atom. The van der Waals surface area contributed by atoms with E-state index in [4.69, 9.17) is 31.2 Å². The van der Waals surface area contributed by atoms with Crippen LogP contribution in [0.4, 0.5) is 0 Å². The van der Waals surface area contributed by atoms with Crippen LogP contribution < -0.4 is 11.5 Å². The quantitative estimate of drug-likeness (QED) is 0.256. The maximum Gasteiger partial charge on any atom is 0.244 e. The van der Waals surface area contributed by atoms with Crippen LogP contribution >= 0.6 is 0 Å². The molecule has 0 aliphatic carbocycles. The van der Waals surface area contributed by atoms with Crippen molar-refractivity contribution < 1.29 is 19.7 Å². The fraction of sp³-hybridized carbons (Fsp3) is 1.00. The molecule has 0 aromatic heterocycles. The van der Waals surface area contributed by atoms with Gasteiger partial charge in [0.1, 0.15) is 6.61 Å². The molecule has 0 heterocycles. The third-order valence-corrected chi connectivity index (χ3v) is 0.949. The number of nitrogens with two attached hydrogens (primary N) is 2. The molecule has 0 saturated carbocycles. The first-order valence-corrected chi connectivity index (χ1v) is 3.65. The van der Waals surface area contributed by atoms with Crippen LogP contribution in [0.5, 0.6) is 0 Å². The second-order valence-corrected chi connectivity index (χ2v) is 2.33. The molecule has 0 spiro atoms. The van der Waals surface area contributed by atoms with E-state index in [1.807, 2.05) is 0 Å². The highest BCUT2D eigenvalue weighted by Crippen LogP contribution is 1.88. The van der Waals surface area contributed by atoms with Crippen LogP contribution in [0.2, 0.25) is 0 Å². The van der Waals surface area contributed by atoms with E-state index in [-0.39, 0.29) is 13.2 Å². The molecule has 0 aliphatic rings. The van der Waals surface area contributed by atoms with Gasteiger partial charge in [0, 0.05) is 6.54 Å². The zero-order chi connectivity index (χ0) is 9.45. The molecule has 6 N–H and O–H groups in total. The molecule has 0 amide bonds. The zero-order valence-electron chi connectivity index (χ0n) is 6.90. The monoisotopic (exact) mass is 180 g/mol. The van der Waals surface area contributed by atoms with E-state index in [9.17, 15) is 0 Å². The highest BCUT2D eigenvalue weighted by atomic mass is 16.6. The van der Waals surface area contributed by atoms with Crippen molar-refractivity contribution in [3.8, 4) is 0 Å². The lowest BCUT2D eigenvalue weighted by atomic mass is 10.5. The van der Waals surface area contributed by atoms with Crippen molar-refractivity contribution in [3.63, 3.8) is 0 Å². The summed E-state index contributed by atoms with van der Waals surface area (Å²) < 4.78 is 9.70. The van der Waals surface area contributed by atoms with E-state index in [2.05, 4.69) is 0 Å². The Kier molecular flexibility index (Phi) is 6.17. The van der Waals surface area contributed by atoms with Crippen molar-refractivity contribution in [2.24, 2.45) is 11.5 Å². The van der Waals surface area contributed by atoms with Crippen LogP contribution in [-0.2, 0) is 9.47 Å². The molecule has 0 bridgehead atoms. The number of rotatable bonds is 7. The fourth-order valence-corrected chi connectivity index (χ4v) is 0.526. The van der Waals surface area contributed by atoms with Gasteiger partial charge in [0.2, 0.25) is 5.91 Å². The maximum absolute atomic E-state index is 8.57. The second kappa shape index (κ2) is 6.30. The lowest BCUT2D eigenvalue weighted by Crippen LogP contribution is -2.44. The highest BCUT2D eigenvalue weighted by molar-refractivity contribution is 4.49. The molecule has 0 saturated heterocycles. The van der Waals surface area contributed by atoms with Gasteiger partial charge in [-0.05, 0) is 0 Å². The molecule has 0 aromatic rings. The molecule has 0 unspecified atom stereocenters. The molecule has 74 valence electrons. The van der Waals surface area contributed by atoms with Crippen LogP contribution in [0, 0.1) is 0 Å².